The van der Waals surface area contributed by atoms with E-state index in [9.17, 15) is 4.39 Å². The molecule has 0 amide bonds. The average Bonchev–Trinajstić information content (AvgIpc) is 2.36. The Balaban J connectivity index is 1.98. The maximum Gasteiger partial charge on any atom is 0.144 e. The summed E-state index contributed by atoms with van der Waals surface area (Å²) < 4.78 is 19.0. The number of likely N-dealkylation sites (tertiary alicyclic amines) is 1. The Bertz CT molecular complexity index is 456. The fraction of sp³-hybridized carbons (Fsp3) is 0.500. The van der Waals surface area contributed by atoms with Crippen molar-refractivity contribution in [2.24, 2.45) is 5.92 Å². The molecule has 1 aromatic rings. The number of piperidine rings is 1. The minimum absolute atomic E-state index is 0.00154. The first-order valence-electron chi connectivity index (χ1n) is 6.20. The van der Waals surface area contributed by atoms with Crippen molar-refractivity contribution < 1.29 is 9.13 Å². The predicted octanol–water partition coefficient (Wildman–Crippen LogP) is 2.42. The molecule has 0 bridgehead atoms. The fourth-order valence-electron chi connectivity index (χ4n) is 2.35. The highest BCUT2D eigenvalue weighted by molar-refractivity contribution is 5.43. The van der Waals surface area contributed by atoms with Crippen LogP contribution in [0.25, 0.3) is 0 Å². The number of rotatable bonds is 3. The molecule has 0 N–H and O–H groups in total. The third-order valence-electron chi connectivity index (χ3n) is 3.28. The quantitative estimate of drug-likeness (QED) is 0.824. The summed E-state index contributed by atoms with van der Waals surface area (Å²) in [6.07, 6.45) is 2.29. The van der Waals surface area contributed by atoms with Crippen molar-refractivity contribution in [3.63, 3.8) is 0 Å². The SMILES string of the molecule is CN1CCCC(COc2cccc(F)c2C#N)C1. The number of nitrogens with zero attached hydrogens (tertiary/aromatic N) is 2. The van der Waals surface area contributed by atoms with Crippen LogP contribution in [0, 0.1) is 23.1 Å². The van der Waals surface area contributed by atoms with Crippen molar-refractivity contribution in [3.05, 3.63) is 29.6 Å². The van der Waals surface area contributed by atoms with E-state index in [2.05, 4.69) is 11.9 Å². The summed E-state index contributed by atoms with van der Waals surface area (Å²) in [7, 11) is 2.09. The van der Waals surface area contributed by atoms with Crippen molar-refractivity contribution in [3.8, 4) is 11.8 Å². The van der Waals surface area contributed by atoms with E-state index in [-0.39, 0.29) is 5.56 Å². The molecule has 3 nitrogen and oxygen atoms in total. The van der Waals surface area contributed by atoms with E-state index in [1.807, 2.05) is 6.07 Å². The summed E-state index contributed by atoms with van der Waals surface area (Å²) in [5, 5.41) is 8.90. The Morgan fingerprint density at radius 3 is 3.11 bits per heavy atom. The second-order valence-electron chi connectivity index (χ2n) is 4.81. The van der Waals surface area contributed by atoms with Gasteiger partial charge in [-0.3, -0.25) is 0 Å². The lowest BCUT2D eigenvalue weighted by atomic mass is 9.99. The molecule has 0 radical (unpaired) electrons. The van der Waals surface area contributed by atoms with Gasteiger partial charge in [0.05, 0.1) is 6.61 Å². The summed E-state index contributed by atoms with van der Waals surface area (Å²) in [5.74, 6) is 0.292. The van der Waals surface area contributed by atoms with E-state index in [4.69, 9.17) is 10.00 Å². The van der Waals surface area contributed by atoms with Crippen molar-refractivity contribution >= 4 is 0 Å². The van der Waals surface area contributed by atoms with Gasteiger partial charge in [-0.05, 0) is 38.6 Å². The molecule has 1 heterocycles. The van der Waals surface area contributed by atoms with Crippen LogP contribution in [0.2, 0.25) is 0 Å². The van der Waals surface area contributed by atoms with Gasteiger partial charge in [0.25, 0.3) is 0 Å². The molecule has 4 heteroatoms. The molecule has 18 heavy (non-hydrogen) atoms. The van der Waals surface area contributed by atoms with Gasteiger partial charge < -0.3 is 9.64 Å². The lowest BCUT2D eigenvalue weighted by molar-refractivity contribution is 0.150. The summed E-state index contributed by atoms with van der Waals surface area (Å²) in [4.78, 5) is 2.27. The average molecular weight is 248 g/mol. The maximum atomic E-state index is 13.4. The van der Waals surface area contributed by atoms with Crippen molar-refractivity contribution in [2.75, 3.05) is 26.7 Å². The van der Waals surface area contributed by atoms with Crippen LogP contribution in [-0.4, -0.2) is 31.6 Å². The highest BCUT2D eigenvalue weighted by atomic mass is 19.1. The van der Waals surface area contributed by atoms with Gasteiger partial charge in [-0.25, -0.2) is 4.39 Å². The van der Waals surface area contributed by atoms with Crippen molar-refractivity contribution in [1.29, 1.82) is 5.26 Å². The first-order valence-corrected chi connectivity index (χ1v) is 6.20. The smallest absolute Gasteiger partial charge is 0.144 e. The third-order valence-corrected chi connectivity index (χ3v) is 3.28. The van der Waals surface area contributed by atoms with E-state index in [1.165, 1.54) is 12.5 Å². The summed E-state index contributed by atoms with van der Waals surface area (Å²) in [6.45, 7) is 2.67. The molecule has 0 saturated carbocycles. The standard InChI is InChI=1S/C14H17FN2O/c1-17-7-3-4-11(9-17)10-18-14-6-2-5-13(15)12(14)8-16/h2,5-6,11H,3-4,7,9-10H2,1H3. The Hall–Kier alpha value is -1.60. The van der Waals surface area contributed by atoms with E-state index in [0.29, 0.717) is 18.3 Å². The molecule has 0 spiro atoms. The van der Waals surface area contributed by atoms with E-state index >= 15 is 0 Å². The Morgan fingerprint density at radius 1 is 1.56 bits per heavy atom. The van der Waals surface area contributed by atoms with Gasteiger partial charge in [0.15, 0.2) is 0 Å². The topological polar surface area (TPSA) is 36.3 Å². The molecule has 0 aromatic heterocycles. The summed E-state index contributed by atoms with van der Waals surface area (Å²) in [5.41, 5.74) is 0.00154. The number of hydrogen-bond acceptors (Lipinski definition) is 3. The van der Waals surface area contributed by atoms with Crippen molar-refractivity contribution in [1.82, 2.24) is 4.90 Å². The molecular formula is C14H17FN2O. The maximum absolute atomic E-state index is 13.4. The van der Waals surface area contributed by atoms with Gasteiger partial charge in [-0.1, -0.05) is 6.07 Å². The molecule has 1 aliphatic rings. The van der Waals surface area contributed by atoms with E-state index < -0.39 is 5.82 Å². The minimum atomic E-state index is -0.518. The highest BCUT2D eigenvalue weighted by Gasteiger charge is 2.18. The van der Waals surface area contributed by atoms with Gasteiger partial charge >= 0.3 is 0 Å². The van der Waals surface area contributed by atoms with Gasteiger partial charge in [0.2, 0.25) is 0 Å². The van der Waals surface area contributed by atoms with Crippen molar-refractivity contribution in [2.45, 2.75) is 12.8 Å². The minimum Gasteiger partial charge on any atom is -0.492 e. The van der Waals surface area contributed by atoms with Crippen LogP contribution in [0.15, 0.2) is 18.2 Å². The number of hydrogen-bond donors (Lipinski definition) is 0. The van der Waals surface area contributed by atoms with E-state index in [0.717, 1.165) is 19.5 Å². The molecule has 1 aliphatic heterocycles. The molecule has 1 atom stereocenters. The molecule has 0 aliphatic carbocycles. The molecule has 1 fully saturated rings. The van der Waals surface area contributed by atoms with Crippen LogP contribution in [0.4, 0.5) is 4.39 Å². The fourth-order valence-corrected chi connectivity index (χ4v) is 2.35. The number of benzene rings is 1. The molecule has 1 unspecified atom stereocenters. The number of halogens is 1. The van der Waals surface area contributed by atoms with Crippen LogP contribution in [-0.2, 0) is 0 Å². The zero-order valence-electron chi connectivity index (χ0n) is 10.5. The number of nitriles is 1. The second-order valence-corrected chi connectivity index (χ2v) is 4.81. The second kappa shape index (κ2) is 5.83. The normalized spacial score (nSPS) is 20.4. The zero-order chi connectivity index (χ0) is 13.0. The molecule has 96 valence electrons. The first kappa shape index (κ1) is 12.8. The summed E-state index contributed by atoms with van der Waals surface area (Å²) >= 11 is 0. The van der Waals surface area contributed by atoms with Crippen LogP contribution >= 0.6 is 0 Å². The zero-order valence-corrected chi connectivity index (χ0v) is 10.5. The Kier molecular flexibility index (Phi) is 4.16. The Labute approximate surface area is 107 Å². The lowest BCUT2D eigenvalue weighted by Gasteiger charge is -2.29. The van der Waals surface area contributed by atoms with Crippen LogP contribution in [0.1, 0.15) is 18.4 Å². The van der Waals surface area contributed by atoms with Crippen LogP contribution in [0.5, 0.6) is 5.75 Å². The molecule has 1 aromatic carbocycles. The molecule has 2 rings (SSSR count). The van der Waals surface area contributed by atoms with Gasteiger partial charge in [0.1, 0.15) is 23.2 Å². The largest absolute Gasteiger partial charge is 0.492 e. The predicted molar refractivity (Wildman–Crippen MR) is 66.8 cm³/mol. The van der Waals surface area contributed by atoms with Crippen LogP contribution in [0.3, 0.4) is 0 Å². The molecular weight excluding hydrogens is 231 g/mol. The number of ether oxygens (including phenoxy) is 1. The van der Waals surface area contributed by atoms with Gasteiger partial charge in [-0.15, -0.1) is 0 Å². The van der Waals surface area contributed by atoms with Crippen LogP contribution < -0.4 is 4.74 Å². The molecule has 1 saturated heterocycles. The van der Waals surface area contributed by atoms with E-state index in [1.54, 1.807) is 12.1 Å². The van der Waals surface area contributed by atoms with Gasteiger partial charge in [-0.2, -0.15) is 5.26 Å². The first-order chi connectivity index (χ1) is 8.70. The summed E-state index contributed by atoms with van der Waals surface area (Å²) in [6, 6.07) is 6.34. The third kappa shape index (κ3) is 2.99. The van der Waals surface area contributed by atoms with Gasteiger partial charge in [0, 0.05) is 12.5 Å². The Morgan fingerprint density at radius 2 is 2.39 bits per heavy atom. The monoisotopic (exact) mass is 248 g/mol. The highest BCUT2D eigenvalue weighted by Crippen LogP contribution is 2.22. The lowest BCUT2D eigenvalue weighted by Crippen LogP contribution is -2.34.